The van der Waals surface area contributed by atoms with E-state index < -0.39 is 7.92 Å². The number of rotatable bonds is 8. The van der Waals surface area contributed by atoms with E-state index >= 15 is 0 Å². The minimum absolute atomic E-state index is 0.602. The highest BCUT2D eigenvalue weighted by Crippen LogP contribution is 2.34. The monoisotopic (exact) mass is 458 g/mol. The molecule has 0 fully saturated rings. The van der Waals surface area contributed by atoms with Crippen molar-refractivity contribution in [2.24, 2.45) is 0 Å². The lowest BCUT2D eigenvalue weighted by atomic mass is 10.0. The van der Waals surface area contributed by atoms with Crippen LogP contribution in [-0.4, -0.2) is 0 Å². The normalized spacial score (nSPS) is 11.0. The lowest BCUT2D eigenvalue weighted by Crippen LogP contribution is -2.80. The van der Waals surface area contributed by atoms with Crippen LogP contribution in [0.4, 0.5) is 0 Å². The molecule has 0 amide bonds. The van der Waals surface area contributed by atoms with Crippen LogP contribution in [0.15, 0.2) is 140 Å². The Balaban J connectivity index is 1.40. The van der Waals surface area contributed by atoms with Gasteiger partial charge in [-0.15, -0.1) is 0 Å². The Morgan fingerprint density at radius 2 is 0.882 bits per heavy atom. The van der Waals surface area contributed by atoms with Gasteiger partial charge in [-0.3, -0.25) is 0 Å². The summed E-state index contributed by atoms with van der Waals surface area (Å²) in [7, 11) is -0.602. The van der Waals surface area contributed by atoms with E-state index in [-0.39, 0.29) is 0 Å². The molecule has 0 bridgehead atoms. The van der Waals surface area contributed by atoms with Gasteiger partial charge in [0, 0.05) is 11.1 Å². The SMILES string of the molecule is c1ccc(C[NH2+]Cc2cccc(-c3cccc(P(c4ccccc4)c4ccccc4)c3)c2)cc1. The maximum atomic E-state index is 2.39. The molecule has 5 aromatic rings. The van der Waals surface area contributed by atoms with Crippen LogP contribution in [-0.2, 0) is 13.1 Å². The van der Waals surface area contributed by atoms with Gasteiger partial charge < -0.3 is 5.32 Å². The standard InChI is InChI=1S/C32H28NP/c1-4-12-26(13-5-1)24-33-25-27-14-10-15-28(22-27)29-16-11-21-32(23-29)34(30-17-6-2-7-18-30)31-19-8-3-9-20-31/h1-23,33H,24-25H2/p+1. The van der Waals surface area contributed by atoms with Crippen molar-refractivity contribution in [1.82, 2.24) is 0 Å². The maximum absolute atomic E-state index is 2.39. The number of quaternary nitrogens is 1. The summed E-state index contributed by atoms with van der Waals surface area (Å²) < 4.78 is 0. The summed E-state index contributed by atoms with van der Waals surface area (Å²) in [6, 6.07) is 50.6. The van der Waals surface area contributed by atoms with E-state index in [4.69, 9.17) is 0 Å². The molecule has 0 saturated carbocycles. The molecule has 0 aromatic heterocycles. The number of hydrogen-bond donors (Lipinski definition) is 1. The molecule has 34 heavy (non-hydrogen) atoms. The molecule has 0 saturated heterocycles. The summed E-state index contributed by atoms with van der Waals surface area (Å²) in [6.45, 7) is 1.97. The average Bonchev–Trinajstić information content (AvgIpc) is 2.91. The third kappa shape index (κ3) is 5.51. The lowest BCUT2D eigenvalue weighted by molar-refractivity contribution is -0.686. The number of nitrogens with two attached hydrogens (primary N) is 1. The van der Waals surface area contributed by atoms with Gasteiger partial charge in [-0.1, -0.05) is 127 Å². The topological polar surface area (TPSA) is 16.6 Å². The quantitative estimate of drug-likeness (QED) is 0.301. The Bertz CT molecular complexity index is 1280. The van der Waals surface area contributed by atoms with Crippen LogP contribution in [0.1, 0.15) is 11.1 Å². The first-order valence-electron chi connectivity index (χ1n) is 11.8. The average molecular weight is 459 g/mol. The number of benzene rings is 5. The molecule has 0 heterocycles. The third-order valence-electron chi connectivity index (χ3n) is 6.00. The minimum atomic E-state index is -0.602. The van der Waals surface area contributed by atoms with Crippen molar-refractivity contribution >= 4 is 23.8 Å². The molecule has 5 rings (SSSR count). The van der Waals surface area contributed by atoms with E-state index in [1.165, 1.54) is 38.2 Å². The molecule has 2 heteroatoms. The predicted octanol–water partition coefficient (Wildman–Crippen LogP) is 5.38. The summed E-state index contributed by atoms with van der Waals surface area (Å²) >= 11 is 0. The zero-order valence-electron chi connectivity index (χ0n) is 19.2. The van der Waals surface area contributed by atoms with Gasteiger partial charge in [0.2, 0.25) is 0 Å². The van der Waals surface area contributed by atoms with E-state index in [1.807, 2.05) is 0 Å². The molecule has 0 radical (unpaired) electrons. The van der Waals surface area contributed by atoms with Crippen molar-refractivity contribution in [2.75, 3.05) is 0 Å². The van der Waals surface area contributed by atoms with E-state index in [0.29, 0.717) is 0 Å². The summed E-state index contributed by atoms with van der Waals surface area (Å²) in [5.74, 6) is 0. The summed E-state index contributed by atoms with van der Waals surface area (Å²) in [5.41, 5.74) is 5.28. The maximum Gasteiger partial charge on any atom is 0.102 e. The van der Waals surface area contributed by atoms with Crippen LogP contribution in [0.25, 0.3) is 11.1 Å². The molecular formula is C32H29NP+. The van der Waals surface area contributed by atoms with Crippen molar-refractivity contribution in [3.8, 4) is 11.1 Å². The smallest absolute Gasteiger partial charge is 0.102 e. The minimum Gasteiger partial charge on any atom is -0.339 e. The van der Waals surface area contributed by atoms with Gasteiger partial charge in [0.1, 0.15) is 13.1 Å². The molecule has 5 aromatic carbocycles. The molecule has 0 atom stereocenters. The first-order valence-corrected chi connectivity index (χ1v) is 13.2. The molecule has 0 aliphatic heterocycles. The van der Waals surface area contributed by atoms with Crippen LogP contribution in [0.3, 0.4) is 0 Å². The highest BCUT2D eigenvalue weighted by Gasteiger charge is 2.16. The Labute approximate surface area is 203 Å². The highest BCUT2D eigenvalue weighted by molar-refractivity contribution is 7.79. The molecule has 2 N–H and O–H groups in total. The van der Waals surface area contributed by atoms with Crippen molar-refractivity contribution < 1.29 is 5.32 Å². The first kappa shape index (κ1) is 22.3. The fourth-order valence-electron chi connectivity index (χ4n) is 4.32. The fourth-order valence-corrected chi connectivity index (χ4v) is 6.66. The first-order chi connectivity index (χ1) is 16.9. The summed E-state index contributed by atoms with van der Waals surface area (Å²) in [4.78, 5) is 0. The van der Waals surface area contributed by atoms with Gasteiger partial charge >= 0.3 is 0 Å². The zero-order valence-corrected chi connectivity index (χ0v) is 20.1. The Kier molecular flexibility index (Phi) is 7.26. The van der Waals surface area contributed by atoms with Crippen LogP contribution < -0.4 is 21.2 Å². The summed E-state index contributed by atoms with van der Waals surface area (Å²) in [6.07, 6.45) is 0. The molecule has 1 nitrogen and oxygen atoms in total. The summed E-state index contributed by atoms with van der Waals surface area (Å²) in [5, 5.41) is 6.51. The highest BCUT2D eigenvalue weighted by atomic mass is 31.1. The largest absolute Gasteiger partial charge is 0.339 e. The van der Waals surface area contributed by atoms with Gasteiger partial charge in [-0.05, 0) is 47.1 Å². The Hall–Kier alpha value is -3.51. The molecule has 166 valence electrons. The second kappa shape index (κ2) is 11.1. The van der Waals surface area contributed by atoms with Crippen molar-refractivity contribution in [2.45, 2.75) is 13.1 Å². The number of hydrogen-bond acceptors (Lipinski definition) is 0. The van der Waals surface area contributed by atoms with Crippen molar-refractivity contribution in [1.29, 1.82) is 0 Å². The van der Waals surface area contributed by atoms with Gasteiger partial charge in [-0.2, -0.15) is 0 Å². The Morgan fingerprint density at radius 1 is 0.412 bits per heavy atom. The van der Waals surface area contributed by atoms with Gasteiger partial charge in [0.15, 0.2) is 0 Å². The third-order valence-corrected chi connectivity index (χ3v) is 8.42. The molecular weight excluding hydrogens is 429 g/mol. The van der Waals surface area contributed by atoms with Crippen LogP contribution in [0.5, 0.6) is 0 Å². The Morgan fingerprint density at radius 3 is 1.53 bits per heavy atom. The second-order valence-electron chi connectivity index (χ2n) is 8.44. The van der Waals surface area contributed by atoms with Crippen molar-refractivity contribution in [3.05, 3.63) is 151 Å². The molecule has 0 aliphatic carbocycles. The van der Waals surface area contributed by atoms with Crippen LogP contribution >= 0.6 is 7.92 Å². The second-order valence-corrected chi connectivity index (χ2v) is 10.7. The van der Waals surface area contributed by atoms with Gasteiger partial charge in [0.25, 0.3) is 0 Å². The van der Waals surface area contributed by atoms with Crippen LogP contribution in [0, 0.1) is 0 Å². The zero-order chi connectivity index (χ0) is 23.0. The van der Waals surface area contributed by atoms with Crippen molar-refractivity contribution in [3.63, 3.8) is 0 Å². The lowest BCUT2D eigenvalue weighted by Gasteiger charge is -2.20. The van der Waals surface area contributed by atoms with E-state index in [2.05, 4.69) is 145 Å². The van der Waals surface area contributed by atoms with E-state index in [1.54, 1.807) is 0 Å². The van der Waals surface area contributed by atoms with Crippen LogP contribution in [0.2, 0.25) is 0 Å². The van der Waals surface area contributed by atoms with Gasteiger partial charge in [-0.25, -0.2) is 0 Å². The molecule has 0 unspecified atom stereocenters. The van der Waals surface area contributed by atoms with E-state index in [9.17, 15) is 0 Å². The van der Waals surface area contributed by atoms with E-state index in [0.717, 1.165) is 13.1 Å². The molecule has 0 aliphatic rings. The fraction of sp³-hybridized carbons (Fsp3) is 0.0625. The predicted molar refractivity (Wildman–Crippen MR) is 146 cm³/mol. The molecule has 0 spiro atoms. The van der Waals surface area contributed by atoms with Gasteiger partial charge in [0.05, 0.1) is 0 Å².